The molecule has 0 spiro atoms. The van der Waals surface area contributed by atoms with Gasteiger partial charge in [-0.3, -0.25) is 14.6 Å². The second-order valence-electron chi connectivity index (χ2n) is 7.81. The third-order valence-corrected chi connectivity index (χ3v) is 5.92. The number of esters is 1. The molecule has 0 aliphatic carbocycles. The van der Waals surface area contributed by atoms with Crippen molar-refractivity contribution in [1.29, 1.82) is 0 Å². The molecule has 174 valence electrons. The van der Waals surface area contributed by atoms with Crippen molar-refractivity contribution < 1.29 is 23.9 Å². The molecule has 0 bridgehead atoms. The van der Waals surface area contributed by atoms with Crippen molar-refractivity contribution in [2.24, 2.45) is 0 Å². The van der Waals surface area contributed by atoms with Crippen molar-refractivity contribution >= 4 is 17.9 Å². The number of likely N-dealkylation sites (N-methyl/N-ethyl adjacent to an activating group) is 1. The minimum Gasteiger partial charge on any atom is -0.497 e. The Kier molecular flexibility index (Phi) is 7.74. The van der Waals surface area contributed by atoms with Crippen molar-refractivity contribution in [3.63, 3.8) is 0 Å². The fourth-order valence-corrected chi connectivity index (χ4v) is 4.04. The van der Waals surface area contributed by atoms with Crippen LogP contribution >= 0.6 is 0 Å². The molecular formula is C23H32N4O5. The van der Waals surface area contributed by atoms with Gasteiger partial charge in [0, 0.05) is 51.9 Å². The summed E-state index contributed by atoms with van der Waals surface area (Å²) in [5, 5.41) is 2.92. The highest BCUT2D eigenvalue weighted by Gasteiger charge is 2.37. The zero-order chi connectivity index (χ0) is 23.3. The second kappa shape index (κ2) is 10.5. The van der Waals surface area contributed by atoms with Crippen LogP contribution in [0.15, 0.2) is 35.5 Å². The first-order valence-corrected chi connectivity index (χ1v) is 11.0. The molecule has 0 radical (unpaired) electrons. The van der Waals surface area contributed by atoms with Crippen LogP contribution in [0.25, 0.3) is 0 Å². The molecule has 2 heterocycles. The van der Waals surface area contributed by atoms with Gasteiger partial charge in [0.15, 0.2) is 0 Å². The molecule has 1 aromatic carbocycles. The van der Waals surface area contributed by atoms with Crippen molar-refractivity contribution in [2.75, 3.05) is 53.5 Å². The van der Waals surface area contributed by atoms with Crippen molar-refractivity contribution in [2.45, 2.75) is 26.3 Å². The van der Waals surface area contributed by atoms with E-state index in [1.54, 1.807) is 33.2 Å². The molecular weight excluding hydrogens is 412 g/mol. The Balaban J connectivity index is 1.92. The van der Waals surface area contributed by atoms with Gasteiger partial charge in [0.25, 0.3) is 0 Å². The van der Waals surface area contributed by atoms with Crippen LogP contribution in [0.4, 0.5) is 4.79 Å². The zero-order valence-electron chi connectivity index (χ0n) is 19.2. The summed E-state index contributed by atoms with van der Waals surface area (Å²) in [4.78, 5) is 43.3. The molecule has 1 unspecified atom stereocenters. The fraction of sp³-hybridized carbons (Fsp3) is 0.522. The van der Waals surface area contributed by atoms with E-state index >= 15 is 0 Å². The number of urea groups is 1. The number of piperazine rings is 1. The number of benzene rings is 1. The SMILES string of the molecule is CCOC(=O)C1=C(CN2CCN(C(=O)CC)CC2)N(C)C(=O)NC1c1ccc(OC)cc1. The van der Waals surface area contributed by atoms with Crippen LogP contribution < -0.4 is 10.1 Å². The van der Waals surface area contributed by atoms with Gasteiger partial charge in [-0.25, -0.2) is 9.59 Å². The summed E-state index contributed by atoms with van der Waals surface area (Å²) in [6.07, 6.45) is 0.491. The maximum absolute atomic E-state index is 13.0. The average Bonchev–Trinajstić information content (AvgIpc) is 2.82. The smallest absolute Gasteiger partial charge is 0.338 e. The molecule has 2 aliphatic heterocycles. The van der Waals surface area contributed by atoms with Crippen LogP contribution in [0.3, 0.4) is 0 Å². The Morgan fingerprint density at radius 2 is 1.75 bits per heavy atom. The lowest BCUT2D eigenvalue weighted by Gasteiger charge is -2.39. The molecule has 3 amide bonds. The number of hydrogen-bond donors (Lipinski definition) is 1. The summed E-state index contributed by atoms with van der Waals surface area (Å²) in [6.45, 7) is 6.88. The van der Waals surface area contributed by atoms with Gasteiger partial charge in [-0.1, -0.05) is 19.1 Å². The summed E-state index contributed by atoms with van der Waals surface area (Å²) in [7, 11) is 3.24. The van der Waals surface area contributed by atoms with Crippen LogP contribution in [0.5, 0.6) is 5.75 Å². The van der Waals surface area contributed by atoms with E-state index in [0.29, 0.717) is 56.2 Å². The number of carbonyl (C=O) groups is 3. The summed E-state index contributed by atoms with van der Waals surface area (Å²) in [5.74, 6) is 0.383. The number of carbonyl (C=O) groups excluding carboxylic acids is 3. The Bertz CT molecular complexity index is 875. The summed E-state index contributed by atoms with van der Waals surface area (Å²) in [6, 6.07) is 6.36. The molecule has 1 N–H and O–H groups in total. The maximum atomic E-state index is 13.0. The first-order valence-electron chi connectivity index (χ1n) is 11.0. The fourth-order valence-electron chi connectivity index (χ4n) is 4.04. The molecule has 0 aromatic heterocycles. The highest BCUT2D eigenvalue weighted by Crippen LogP contribution is 2.32. The van der Waals surface area contributed by atoms with Crippen molar-refractivity contribution in [1.82, 2.24) is 20.0 Å². The van der Waals surface area contributed by atoms with E-state index in [1.165, 1.54) is 4.90 Å². The topological polar surface area (TPSA) is 91.4 Å². The van der Waals surface area contributed by atoms with E-state index in [-0.39, 0.29) is 18.5 Å². The Labute approximate surface area is 188 Å². The van der Waals surface area contributed by atoms with Gasteiger partial charge in [0.05, 0.1) is 25.3 Å². The number of ether oxygens (including phenoxy) is 2. The molecule has 32 heavy (non-hydrogen) atoms. The van der Waals surface area contributed by atoms with E-state index in [4.69, 9.17) is 9.47 Å². The number of hydrogen-bond acceptors (Lipinski definition) is 6. The first-order chi connectivity index (χ1) is 15.4. The van der Waals surface area contributed by atoms with Crippen LogP contribution in [0, 0.1) is 0 Å². The minimum atomic E-state index is -0.624. The molecule has 2 aliphatic rings. The van der Waals surface area contributed by atoms with Crippen LogP contribution in [-0.2, 0) is 14.3 Å². The van der Waals surface area contributed by atoms with Gasteiger partial charge in [0.2, 0.25) is 5.91 Å². The normalized spacial score (nSPS) is 19.6. The molecule has 1 saturated heterocycles. The number of nitrogens with zero attached hydrogens (tertiary/aromatic N) is 3. The molecule has 1 atom stereocenters. The largest absolute Gasteiger partial charge is 0.497 e. The standard InChI is InChI=1S/C23H32N4O5/c1-5-19(28)27-13-11-26(12-14-27)15-18-20(22(29)32-6-2)21(24-23(30)25(18)3)16-7-9-17(31-4)10-8-16/h7-10,21H,5-6,11-15H2,1-4H3,(H,24,30). The van der Waals surface area contributed by atoms with Gasteiger partial charge in [-0.2, -0.15) is 0 Å². The van der Waals surface area contributed by atoms with Gasteiger partial charge in [-0.05, 0) is 24.6 Å². The predicted octanol–water partition coefficient (Wildman–Crippen LogP) is 1.76. The van der Waals surface area contributed by atoms with Gasteiger partial charge >= 0.3 is 12.0 Å². The molecule has 9 nitrogen and oxygen atoms in total. The molecule has 9 heteroatoms. The first kappa shape index (κ1) is 23.6. The lowest BCUT2D eigenvalue weighted by molar-refractivity contribution is -0.139. The van der Waals surface area contributed by atoms with Crippen LogP contribution in [0.2, 0.25) is 0 Å². The molecule has 0 saturated carbocycles. The van der Waals surface area contributed by atoms with Crippen LogP contribution in [-0.4, -0.2) is 86.1 Å². The van der Waals surface area contributed by atoms with Gasteiger partial charge in [-0.15, -0.1) is 0 Å². The second-order valence-corrected chi connectivity index (χ2v) is 7.81. The third kappa shape index (κ3) is 5.04. The average molecular weight is 445 g/mol. The summed E-state index contributed by atoms with van der Waals surface area (Å²) in [5.41, 5.74) is 1.81. The molecule has 1 fully saturated rings. The Morgan fingerprint density at radius 3 is 2.31 bits per heavy atom. The summed E-state index contributed by atoms with van der Waals surface area (Å²) >= 11 is 0. The van der Waals surface area contributed by atoms with Crippen LogP contribution in [0.1, 0.15) is 31.9 Å². The van der Waals surface area contributed by atoms with E-state index in [0.717, 1.165) is 5.56 Å². The maximum Gasteiger partial charge on any atom is 0.338 e. The monoisotopic (exact) mass is 444 g/mol. The minimum absolute atomic E-state index is 0.143. The van der Waals surface area contributed by atoms with Gasteiger partial charge in [0.1, 0.15) is 5.75 Å². The molecule has 1 aromatic rings. The zero-order valence-corrected chi connectivity index (χ0v) is 19.2. The lowest BCUT2D eigenvalue weighted by atomic mass is 9.94. The highest BCUT2D eigenvalue weighted by atomic mass is 16.5. The number of methoxy groups -OCH3 is 1. The van der Waals surface area contributed by atoms with E-state index in [1.807, 2.05) is 24.0 Å². The quantitative estimate of drug-likeness (QED) is 0.645. The predicted molar refractivity (Wildman–Crippen MR) is 119 cm³/mol. The Hall–Kier alpha value is -3.07. The summed E-state index contributed by atoms with van der Waals surface area (Å²) < 4.78 is 10.6. The molecule has 3 rings (SSSR count). The highest BCUT2D eigenvalue weighted by molar-refractivity contribution is 5.95. The van der Waals surface area contributed by atoms with Crippen molar-refractivity contribution in [3.8, 4) is 5.75 Å². The third-order valence-electron chi connectivity index (χ3n) is 5.92. The van der Waals surface area contributed by atoms with Gasteiger partial charge < -0.3 is 19.7 Å². The van der Waals surface area contributed by atoms with E-state index in [9.17, 15) is 14.4 Å². The Morgan fingerprint density at radius 1 is 1.09 bits per heavy atom. The van der Waals surface area contributed by atoms with E-state index in [2.05, 4.69) is 10.2 Å². The number of nitrogens with one attached hydrogen (secondary N) is 1. The number of amides is 3. The van der Waals surface area contributed by atoms with E-state index < -0.39 is 12.0 Å². The lowest BCUT2D eigenvalue weighted by Crippen LogP contribution is -2.53. The number of rotatable bonds is 7. The van der Waals surface area contributed by atoms with Crippen molar-refractivity contribution in [3.05, 3.63) is 41.1 Å².